The molecule has 6 nitrogen and oxygen atoms in total. The molecule has 0 bridgehead atoms. The standard InChI is InChI=1S/C21H19F2NO5/c1-3-26-17-10-9-14(12-18(17)27-4-2)19-24-15(20(25)29-19)11-13-7-5-6-8-16(13)28-21(22)23/h5-12,21H,3-4H2,1-2H3/b15-11+. The van der Waals surface area contributed by atoms with Gasteiger partial charge in [0.25, 0.3) is 0 Å². The van der Waals surface area contributed by atoms with Crippen molar-refractivity contribution in [3.63, 3.8) is 0 Å². The summed E-state index contributed by atoms with van der Waals surface area (Å²) in [5.41, 5.74) is 0.773. The van der Waals surface area contributed by atoms with Crippen LogP contribution in [0.4, 0.5) is 8.78 Å². The molecule has 1 heterocycles. The van der Waals surface area contributed by atoms with Gasteiger partial charge in [-0.05, 0) is 44.2 Å². The van der Waals surface area contributed by atoms with Gasteiger partial charge in [-0.2, -0.15) is 8.78 Å². The van der Waals surface area contributed by atoms with Crippen molar-refractivity contribution in [2.24, 2.45) is 4.99 Å². The molecule has 0 saturated carbocycles. The van der Waals surface area contributed by atoms with Crippen molar-refractivity contribution in [3.05, 3.63) is 59.3 Å². The zero-order valence-corrected chi connectivity index (χ0v) is 15.9. The van der Waals surface area contributed by atoms with Gasteiger partial charge in [0, 0.05) is 11.1 Å². The lowest BCUT2D eigenvalue weighted by atomic mass is 10.1. The minimum absolute atomic E-state index is 0.0304. The van der Waals surface area contributed by atoms with E-state index < -0.39 is 12.6 Å². The Kier molecular flexibility index (Phi) is 6.43. The van der Waals surface area contributed by atoms with Crippen LogP contribution in [0.5, 0.6) is 17.2 Å². The number of para-hydroxylation sites is 1. The predicted octanol–water partition coefficient (Wildman–Crippen LogP) is 4.43. The van der Waals surface area contributed by atoms with Gasteiger partial charge in [-0.15, -0.1) is 0 Å². The second-order valence-electron chi connectivity index (χ2n) is 5.78. The molecule has 0 amide bonds. The molecule has 0 saturated heterocycles. The second-order valence-corrected chi connectivity index (χ2v) is 5.78. The molecule has 0 fully saturated rings. The van der Waals surface area contributed by atoms with E-state index in [9.17, 15) is 13.6 Å². The van der Waals surface area contributed by atoms with Gasteiger partial charge in [0.05, 0.1) is 13.2 Å². The molecule has 1 aliphatic heterocycles. The predicted molar refractivity (Wildman–Crippen MR) is 102 cm³/mol. The van der Waals surface area contributed by atoms with Crippen LogP contribution in [0.25, 0.3) is 6.08 Å². The third-order valence-electron chi connectivity index (χ3n) is 3.84. The number of esters is 1. The van der Waals surface area contributed by atoms with Crippen molar-refractivity contribution in [3.8, 4) is 17.2 Å². The molecule has 3 rings (SSSR count). The van der Waals surface area contributed by atoms with Gasteiger partial charge in [0.2, 0.25) is 5.90 Å². The third-order valence-corrected chi connectivity index (χ3v) is 3.84. The molecule has 8 heteroatoms. The molecular weight excluding hydrogens is 384 g/mol. The average molecular weight is 403 g/mol. The van der Waals surface area contributed by atoms with Gasteiger partial charge in [0.1, 0.15) is 5.75 Å². The first-order valence-corrected chi connectivity index (χ1v) is 8.98. The number of cyclic esters (lactones) is 1. The topological polar surface area (TPSA) is 66.4 Å². The SMILES string of the molecule is CCOc1ccc(C2=N/C(=C/c3ccccc3OC(F)F)C(=O)O2)cc1OCC. The zero-order valence-electron chi connectivity index (χ0n) is 15.9. The van der Waals surface area contributed by atoms with E-state index in [1.54, 1.807) is 30.3 Å². The molecule has 0 spiro atoms. The molecule has 152 valence electrons. The number of benzene rings is 2. The molecule has 29 heavy (non-hydrogen) atoms. The number of rotatable bonds is 8. The third kappa shape index (κ3) is 4.90. The summed E-state index contributed by atoms with van der Waals surface area (Å²) in [5.74, 6) is 0.387. The molecule has 2 aromatic rings. The first-order valence-electron chi connectivity index (χ1n) is 8.98. The monoisotopic (exact) mass is 403 g/mol. The Labute approximate surface area is 166 Å². The molecule has 0 unspecified atom stereocenters. The van der Waals surface area contributed by atoms with E-state index in [1.807, 2.05) is 13.8 Å². The zero-order chi connectivity index (χ0) is 20.8. The van der Waals surface area contributed by atoms with Crippen LogP contribution in [0.1, 0.15) is 25.0 Å². The number of nitrogens with zero attached hydrogens (tertiary/aromatic N) is 1. The van der Waals surface area contributed by atoms with Crippen LogP contribution < -0.4 is 14.2 Å². The second kappa shape index (κ2) is 9.18. The van der Waals surface area contributed by atoms with Crippen LogP contribution in [0.3, 0.4) is 0 Å². The van der Waals surface area contributed by atoms with Gasteiger partial charge in [-0.1, -0.05) is 18.2 Å². The Morgan fingerprint density at radius 2 is 1.76 bits per heavy atom. The normalized spacial score (nSPS) is 14.7. The Morgan fingerprint density at radius 1 is 1.03 bits per heavy atom. The number of carbonyl (C=O) groups excluding carboxylic acids is 1. The maximum atomic E-state index is 12.6. The summed E-state index contributed by atoms with van der Waals surface area (Å²) >= 11 is 0. The summed E-state index contributed by atoms with van der Waals surface area (Å²) < 4.78 is 46.0. The number of carbonyl (C=O) groups is 1. The highest BCUT2D eigenvalue weighted by atomic mass is 19.3. The van der Waals surface area contributed by atoms with Crippen molar-refractivity contribution < 1.29 is 32.5 Å². The lowest BCUT2D eigenvalue weighted by Gasteiger charge is -2.11. The van der Waals surface area contributed by atoms with Gasteiger partial charge >= 0.3 is 12.6 Å². The molecule has 0 atom stereocenters. The van der Waals surface area contributed by atoms with Crippen molar-refractivity contribution >= 4 is 17.9 Å². The summed E-state index contributed by atoms with van der Waals surface area (Å²) in [7, 11) is 0. The van der Waals surface area contributed by atoms with E-state index in [-0.39, 0.29) is 22.9 Å². The van der Waals surface area contributed by atoms with Crippen molar-refractivity contribution in [1.82, 2.24) is 0 Å². The molecule has 1 aliphatic rings. The lowest BCUT2D eigenvalue weighted by molar-refractivity contribution is -0.129. The van der Waals surface area contributed by atoms with Crippen LogP contribution >= 0.6 is 0 Å². The van der Waals surface area contributed by atoms with E-state index in [2.05, 4.69) is 9.73 Å². The van der Waals surface area contributed by atoms with Crippen LogP contribution in [-0.2, 0) is 9.53 Å². The molecule has 0 aliphatic carbocycles. The Hall–Kier alpha value is -3.42. The Morgan fingerprint density at radius 3 is 2.48 bits per heavy atom. The number of halogens is 2. The summed E-state index contributed by atoms with van der Waals surface area (Å²) in [4.78, 5) is 16.4. The van der Waals surface area contributed by atoms with Gasteiger partial charge in [0.15, 0.2) is 17.2 Å². The van der Waals surface area contributed by atoms with E-state index in [1.165, 1.54) is 18.2 Å². The van der Waals surface area contributed by atoms with Gasteiger partial charge in [-0.25, -0.2) is 9.79 Å². The van der Waals surface area contributed by atoms with E-state index in [4.69, 9.17) is 14.2 Å². The van der Waals surface area contributed by atoms with Crippen molar-refractivity contribution in [2.75, 3.05) is 13.2 Å². The fraction of sp³-hybridized carbons (Fsp3) is 0.238. The Balaban J connectivity index is 1.93. The maximum absolute atomic E-state index is 12.6. The molecule has 0 aromatic heterocycles. The fourth-order valence-corrected chi connectivity index (χ4v) is 2.67. The van der Waals surface area contributed by atoms with Crippen molar-refractivity contribution in [1.29, 1.82) is 0 Å². The summed E-state index contributed by atoms with van der Waals surface area (Å²) in [6.45, 7) is 1.63. The highest BCUT2D eigenvalue weighted by molar-refractivity contribution is 6.13. The van der Waals surface area contributed by atoms with Crippen LogP contribution in [-0.4, -0.2) is 31.7 Å². The van der Waals surface area contributed by atoms with E-state index in [0.29, 0.717) is 30.3 Å². The molecule has 0 radical (unpaired) electrons. The number of alkyl halides is 2. The highest BCUT2D eigenvalue weighted by Crippen LogP contribution is 2.31. The number of ether oxygens (including phenoxy) is 4. The number of hydrogen-bond acceptors (Lipinski definition) is 6. The lowest BCUT2D eigenvalue weighted by Crippen LogP contribution is -2.07. The van der Waals surface area contributed by atoms with Crippen LogP contribution in [0.15, 0.2) is 53.2 Å². The van der Waals surface area contributed by atoms with E-state index >= 15 is 0 Å². The number of aliphatic imine (C=N–C) groups is 1. The quantitative estimate of drug-likeness (QED) is 0.482. The minimum Gasteiger partial charge on any atom is -0.490 e. The molecule has 2 aromatic carbocycles. The maximum Gasteiger partial charge on any atom is 0.387 e. The summed E-state index contributed by atoms with van der Waals surface area (Å²) in [5, 5.41) is 0. The Bertz CT molecular complexity index is 956. The first kappa shape index (κ1) is 20.3. The minimum atomic E-state index is -2.98. The summed E-state index contributed by atoms with van der Waals surface area (Å²) in [6, 6.07) is 11.2. The highest BCUT2D eigenvalue weighted by Gasteiger charge is 2.25. The van der Waals surface area contributed by atoms with Crippen molar-refractivity contribution in [2.45, 2.75) is 20.5 Å². The molecular formula is C21H19F2NO5. The summed E-state index contributed by atoms with van der Waals surface area (Å²) in [6.07, 6.45) is 1.34. The average Bonchev–Trinajstić information content (AvgIpc) is 3.05. The number of hydrogen-bond donors (Lipinski definition) is 0. The first-order chi connectivity index (χ1) is 14.0. The van der Waals surface area contributed by atoms with Gasteiger partial charge < -0.3 is 18.9 Å². The molecule has 0 N–H and O–H groups in total. The van der Waals surface area contributed by atoms with Crippen LogP contribution in [0.2, 0.25) is 0 Å². The van der Waals surface area contributed by atoms with Gasteiger partial charge in [-0.3, -0.25) is 0 Å². The smallest absolute Gasteiger partial charge is 0.387 e. The van der Waals surface area contributed by atoms with E-state index in [0.717, 1.165) is 0 Å². The van der Waals surface area contributed by atoms with Crippen LogP contribution in [0, 0.1) is 0 Å². The largest absolute Gasteiger partial charge is 0.490 e. The fourth-order valence-electron chi connectivity index (χ4n) is 2.67.